The lowest BCUT2D eigenvalue weighted by molar-refractivity contribution is -0.159. The summed E-state index contributed by atoms with van der Waals surface area (Å²) < 4.78 is 8.99. The number of aliphatic hydroxyl groups excluding tert-OH is 2. The summed E-state index contributed by atoms with van der Waals surface area (Å²) in [5.74, 6) is -1.73. The molecule has 17 heavy (non-hydrogen) atoms. The average molecular weight is 250 g/mol. The van der Waals surface area contributed by atoms with Crippen LogP contribution in [-0.4, -0.2) is 59.7 Å². The zero-order valence-electron chi connectivity index (χ0n) is 8.41. The molecular weight excluding hydrogens is 232 g/mol. The molecule has 2 unspecified atom stereocenters. The van der Waals surface area contributed by atoms with Gasteiger partial charge in [-0.05, 0) is 0 Å². The van der Waals surface area contributed by atoms with Gasteiger partial charge in [0.1, 0.15) is 0 Å². The minimum Gasteiger partial charge on any atom is -0.453 e. The highest BCUT2D eigenvalue weighted by atomic mass is 16.7. The van der Waals surface area contributed by atoms with Crippen molar-refractivity contribution in [3.05, 3.63) is 0 Å². The molecule has 0 radical (unpaired) electrons. The van der Waals surface area contributed by atoms with E-state index in [1.54, 1.807) is 0 Å². The molecule has 2 aliphatic rings. The minimum atomic E-state index is -1.46. The van der Waals surface area contributed by atoms with Crippen molar-refractivity contribution < 1.29 is 29.3 Å². The predicted octanol–water partition coefficient (Wildman–Crippen LogP) is -2.90. The normalized spacial score (nSPS) is 33.9. The number of fused-ring (bicyclic) bond motifs is 1. The highest BCUT2D eigenvalue weighted by molar-refractivity contribution is 5.85. The molecule has 0 spiro atoms. The monoisotopic (exact) mass is 250 g/mol. The topological polar surface area (TPSA) is 145 Å². The van der Waals surface area contributed by atoms with Gasteiger partial charge in [-0.25, -0.2) is 9.59 Å². The zero-order valence-corrected chi connectivity index (χ0v) is 8.41. The molecule has 100 valence electrons. The Morgan fingerprint density at radius 2 is 1.24 bits per heavy atom. The number of ether oxygens (including phenoxy) is 2. The van der Waals surface area contributed by atoms with E-state index in [-0.39, 0.29) is 7.43 Å². The second kappa shape index (κ2) is 6.50. The number of carbonyl (C=O) groups is 2. The number of esters is 2. The van der Waals surface area contributed by atoms with Crippen molar-refractivity contribution in [1.29, 1.82) is 0 Å². The van der Waals surface area contributed by atoms with Gasteiger partial charge in [-0.1, -0.05) is 7.43 Å². The summed E-state index contributed by atoms with van der Waals surface area (Å²) in [5.41, 5.74) is 9.81. The van der Waals surface area contributed by atoms with Crippen LogP contribution < -0.4 is 11.5 Å². The number of aliphatic hydroxyl groups is 2. The first-order valence-corrected chi connectivity index (χ1v) is 4.70. The number of rotatable bonds is 1. The Kier molecular flexibility index (Phi) is 6.03. The summed E-state index contributed by atoms with van der Waals surface area (Å²) in [4.78, 5) is 21.3. The van der Waals surface area contributed by atoms with Crippen molar-refractivity contribution >= 4 is 11.9 Å². The summed E-state index contributed by atoms with van der Waals surface area (Å²) in [5, 5.41) is 18.1. The lowest BCUT2D eigenvalue weighted by atomic mass is 10.1. The Morgan fingerprint density at radius 3 is 1.47 bits per heavy atom. The second-order valence-corrected chi connectivity index (χ2v) is 3.27. The first kappa shape index (κ1) is 15.8. The van der Waals surface area contributed by atoms with Gasteiger partial charge >= 0.3 is 11.9 Å². The van der Waals surface area contributed by atoms with Crippen LogP contribution in [0.25, 0.3) is 0 Å². The van der Waals surface area contributed by atoms with Crippen molar-refractivity contribution in [3.63, 3.8) is 0 Å². The van der Waals surface area contributed by atoms with Crippen molar-refractivity contribution in [3.8, 4) is 0 Å². The van der Waals surface area contributed by atoms with Gasteiger partial charge in [-0.3, -0.25) is 0 Å². The minimum absolute atomic E-state index is 0. The number of nitrogens with two attached hydrogens (primary N) is 2. The van der Waals surface area contributed by atoms with E-state index < -0.39 is 36.4 Å². The van der Waals surface area contributed by atoms with E-state index in [1.165, 1.54) is 0 Å². The maximum atomic E-state index is 10.7. The van der Waals surface area contributed by atoms with Gasteiger partial charge in [0, 0.05) is 13.1 Å². The maximum Gasteiger partial charge on any atom is 0.339 e. The highest BCUT2D eigenvalue weighted by Gasteiger charge is 2.57. The SMILES string of the molecule is C.NCCN.O=C1OC2C(OC(=O)[C@@H]2O)[C@@H]1O. The summed E-state index contributed by atoms with van der Waals surface area (Å²) in [6, 6.07) is 0. The molecular formula is C9H18N2O6. The highest BCUT2D eigenvalue weighted by Crippen LogP contribution is 2.28. The van der Waals surface area contributed by atoms with E-state index in [0.717, 1.165) is 0 Å². The van der Waals surface area contributed by atoms with E-state index in [1.807, 2.05) is 0 Å². The van der Waals surface area contributed by atoms with Gasteiger partial charge in [-0.15, -0.1) is 0 Å². The number of hydrogen-bond donors (Lipinski definition) is 4. The van der Waals surface area contributed by atoms with E-state index >= 15 is 0 Å². The van der Waals surface area contributed by atoms with E-state index in [0.29, 0.717) is 13.1 Å². The lowest BCUT2D eigenvalue weighted by Crippen LogP contribution is -2.31. The van der Waals surface area contributed by atoms with Crippen LogP contribution in [0.4, 0.5) is 0 Å². The first-order valence-electron chi connectivity index (χ1n) is 4.70. The van der Waals surface area contributed by atoms with Crippen molar-refractivity contribution in [2.75, 3.05) is 13.1 Å². The fourth-order valence-electron chi connectivity index (χ4n) is 1.30. The first-order chi connectivity index (χ1) is 7.52. The van der Waals surface area contributed by atoms with Gasteiger partial charge in [-0.2, -0.15) is 0 Å². The van der Waals surface area contributed by atoms with Crippen LogP contribution in [0.2, 0.25) is 0 Å². The van der Waals surface area contributed by atoms with Gasteiger partial charge in [0.25, 0.3) is 0 Å². The number of carbonyl (C=O) groups excluding carboxylic acids is 2. The molecule has 2 fully saturated rings. The van der Waals surface area contributed by atoms with Gasteiger partial charge < -0.3 is 31.2 Å². The Balaban J connectivity index is 0.000000453. The van der Waals surface area contributed by atoms with E-state index in [2.05, 4.69) is 9.47 Å². The Morgan fingerprint density at radius 1 is 0.941 bits per heavy atom. The molecule has 0 bridgehead atoms. The average Bonchev–Trinajstić information content (AvgIpc) is 2.70. The fourth-order valence-corrected chi connectivity index (χ4v) is 1.30. The van der Waals surface area contributed by atoms with Crippen LogP contribution in [0.1, 0.15) is 7.43 Å². The smallest absolute Gasteiger partial charge is 0.339 e. The largest absolute Gasteiger partial charge is 0.453 e. The standard InChI is InChI=1S/C6H6O6.C2H8N2.CH4/c7-1-3-4(12-5(1)9)2(8)6(10)11-3;3-1-2-4;/h1-4,7-8H;1-4H2;1H4/t1-,2+,3?,4?;;. The van der Waals surface area contributed by atoms with Gasteiger partial charge in [0.2, 0.25) is 0 Å². The number of hydrogen-bond acceptors (Lipinski definition) is 8. The van der Waals surface area contributed by atoms with Crippen LogP contribution in [-0.2, 0) is 19.1 Å². The van der Waals surface area contributed by atoms with Crippen LogP contribution in [0.5, 0.6) is 0 Å². The van der Waals surface area contributed by atoms with Crippen LogP contribution >= 0.6 is 0 Å². The predicted molar refractivity (Wildman–Crippen MR) is 56.6 cm³/mol. The summed E-state index contributed by atoms with van der Waals surface area (Å²) in [7, 11) is 0. The Hall–Kier alpha value is -1.22. The van der Waals surface area contributed by atoms with Crippen LogP contribution in [0.3, 0.4) is 0 Å². The molecule has 6 N–H and O–H groups in total. The molecule has 0 aliphatic carbocycles. The molecule has 0 aromatic rings. The van der Waals surface area contributed by atoms with Gasteiger partial charge in [0.15, 0.2) is 24.4 Å². The third-order valence-corrected chi connectivity index (χ3v) is 2.10. The molecule has 2 rings (SSSR count). The molecule has 2 heterocycles. The second-order valence-electron chi connectivity index (χ2n) is 3.27. The van der Waals surface area contributed by atoms with Crippen molar-refractivity contribution in [2.24, 2.45) is 11.5 Å². The molecule has 8 nitrogen and oxygen atoms in total. The van der Waals surface area contributed by atoms with Crippen molar-refractivity contribution in [1.82, 2.24) is 0 Å². The third kappa shape index (κ3) is 3.13. The molecule has 0 saturated carbocycles. The van der Waals surface area contributed by atoms with E-state index in [9.17, 15) is 9.59 Å². The molecule has 2 aliphatic heterocycles. The molecule has 4 atom stereocenters. The summed E-state index contributed by atoms with van der Waals surface area (Å²) in [6.07, 6.45) is -5.01. The van der Waals surface area contributed by atoms with Crippen LogP contribution in [0.15, 0.2) is 0 Å². The summed E-state index contributed by atoms with van der Waals surface area (Å²) >= 11 is 0. The molecule has 0 aromatic carbocycles. The van der Waals surface area contributed by atoms with E-state index in [4.69, 9.17) is 21.7 Å². The van der Waals surface area contributed by atoms with Gasteiger partial charge in [0.05, 0.1) is 0 Å². The molecule has 8 heteroatoms. The lowest BCUT2D eigenvalue weighted by Gasteiger charge is -2.05. The summed E-state index contributed by atoms with van der Waals surface area (Å²) in [6.45, 7) is 1.19. The van der Waals surface area contributed by atoms with Crippen molar-refractivity contribution in [2.45, 2.75) is 31.8 Å². The quantitative estimate of drug-likeness (QED) is 0.362. The van der Waals surface area contributed by atoms with Crippen LogP contribution in [0, 0.1) is 0 Å². The third-order valence-electron chi connectivity index (χ3n) is 2.10. The Labute approximate surface area is 98.5 Å². The molecule has 0 aromatic heterocycles. The molecule has 0 amide bonds. The fraction of sp³-hybridized carbons (Fsp3) is 0.778. The Bertz CT molecular complexity index is 257. The molecule has 2 saturated heterocycles. The maximum absolute atomic E-state index is 10.7. The zero-order chi connectivity index (χ0) is 12.3.